The van der Waals surface area contributed by atoms with Crippen molar-refractivity contribution in [1.29, 1.82) is 0 Å². The van der Waals surface area contributed by atoms with E-state index < -0.39 is 20.4 Å². The molecule has 0 aliphatic carbocycles. The second-order valence-corrected chi connectivity index (χ2v) is 11.6. The molecule has 0 amide bonds. The molecule has 0 fully saturated rings. The monoisotopic (exact) mass is 389 g/mol. The minimum atomic E-state index is -3.74. The minimum Gasteiger partial charge on any atom is -0.299 e. The molecule has 0 radical (unpaired) electrons. The van der Waals surface area contributed by atoms with Crippen LogP contribution in [0.25, 0.3) is 0 Å². The van der Waals surface area contributed by atoms with Crippen LogP contribution in [0.1, 0.15) is 58.4 Å². The summed E-state index contributed by atoms with van der Waals surface area (Å²) in [5.41, 5.74) is 1.01. The lowest BCUT2D eigenvalue weighted by molar-refractivity contribution is -0.116. The van der Waals surface area contributed by atoms with Gasteiger partial charge in [0.15, 0.2) is 0 Å². The van der Waals surface area contributed by atoms with E-state index in [-0.39, 0.29) is 10.7 Å². The van der Waals surface area contributed by atoms with Crippen LogP contribution in [0.5, 0.6) is 0 Å². The summed E-state index contributed by atoms with van der Waals surface area (Å²) in [6.45, 7) is 7.92. The van der Waals surface area contributed by atoms with Gasteiger partial charge in [-0.15, -0.1) is 8.42 Å². The van der Waals surface area contributed by atoms with Gasteiger partial charge in [0.05, 0.1) is 5.75 Å². The summed E-state index contributed by atoms with van der Waals surface area (Å²) in [6.07, 6.45) is 4.20. The van der Waals surface area contributed by atoms with Crippen molar-refractivity contribution in [3.63, 3.8) is 0 Å². The first-order valence-electron chi connectivity index (χ1n) is 9.12. The molecule has 0 bridgehead atoms. The molecule has 6 heteroatoms. The van der Waals surface area contributed by atoms with Gasteiger partial charge < -0.3 is 0 Å². The fourth-order valence-electron chi connectivity index (χ4n) is 2.54. The molecule has 0 aliphatic heterocycles. The smallest absolute Gasteiger partial charge is 0.299 e. The van der Waals surface area contributed by atoms with Crippen LogP contribution < -0.4 is 0 Å². The number of hydrogen-bond donors (Lipinski definition) is 0. The van der Waals surface area contributed by atoms with Gasteiger partial charge in [-0.25, -0.2) is 0 Å². The number of unbranched alkanes of at least 4 members (excludes halogenated alkanes) is 2. The highest BCUT2D eigenvalue weighted by molar-refractivity contribution is 8.32. The number of hydrogen-bond acceptors (Lipinski definition) is 3. The van der Waals surface area contributed by atoms with E-state index >= 15 is 0 Å². The van der Waals surface area contributed by atoms with Crippen molar-refractivity contribution in [2.24, 2.45) is 0 Å². The average Bonchev–Trinajstić information content (AvgIpc) is 2.58. The average molecular weight is 390 g/mol. The first-order chi connectivity index (χ1) is 11.8. The molecular weight excluding hydrogens is 356 g/mol. The van der Waals surface area contributed by atoms with Gasteiger partial charge in [-0.3, -0.25) is 8.42 Å². The summed E-state index contributed by atoms with van der Waals surface area (Å²) in [5, 5.41) is 0. The van der Waals surface area contributed by atoms with Crippen LogP contribution in [0, 0.1) is 6.92 Å². The number of rotatable bonds is 12. The molecular formula is C19H33O4S2+. The predicted octanol–water partition coefficient (Wildman–Crippen LogP) is 5.08. The largest absolute Gasteiger partial charge is 0.421 e. The summed E-state index contributed by atoms with van der Waals surface area (Å²) >= 11 is 0. The van der Waals surface area contributed by atoms with Crippen LogP contribution in [0.4, 0.5) is 0 Å². The normalized spacial score (nSPS) is 13.0. The standard InChI is InChI=1S/C19H32O4S2/c1-5-8-14-24(15-9-6-2,16-18(20)7-3)23-25(21,22)19-12-10-17(4)11-13-19/h10-13H,5-9,14-16H2,1-4H3/p+1. The van der Waals surface area contributed by atoms with Crippen LogP contribution in [-0.4, -0.2) is 35.1 Å². The molecule has 4 nitrogen and oxygen atoms in total. The van der Waals surface area contributed by atoms with E-state index in [4.69, 9.17) is 0 Å². The SMILES string of the molecule is CCCCS(CCCC)(CC(=O)CC)[OH+]S(=O)(=O)c1ccc(C)cc1. The van der Waals surface area contributed by atoms with Gasteiger partial charge in [-0.1, -0.05) is 51.3 Å². The summed E-state index contributed by atoms with van der Waals surface area (Å²) in [5.74, 6) is 1.86. The van der Waals surface area contributed by atoms with Crippen molar-refractivity contribution < 1.29 is 16.8 Å². The van der Waals surface area contributed by atoms with Gasteiger partial charge in [-0.2, -0.15) is 0 Å². The van der Waals surface area contributed by atoms with Gasteiger partial charge in [0.1, 0.15) is 10.7 Å². The molecule has 0 unspecified atom stereocenters. The zero-order valence-electron chi connectivity index (χ0n) is 16.0. The summed E-state index contributed by atoms with van der Waals surface area (Å²) in [6, 6.07) is 6.79. The van der Waals surface area contributed by atoms with E-state index in [1.807, 2.05) is 13.8 Å². The molecule has 25 heavy (non-hydrogen) atoms. The molecule has 0 spiro atoms. The molecule has 144 valence electrons. The molecule has 0 heterocycles. The van der Waals surface area contributed by atoms with Gasteiger partial charge >= 0.3 is 10.1 Å². The van der Waals surface area contributed by atoms with Crippen molar-refractivity contribution >= 4 is 26.2 Å². The van der Waals surface area contributed by atoms with Crippen molar-refractivity contribution in [2.75, 3.05) is 17.3 Å². The van der Waals surface area contributed by atoms with Gasteiger partial charge in [-0.05, 0) is 42.2 Å². The second kappa shape index (κ2) is 10.3. The Labute approximate surface area is 155 Å². The maximum atomic E-state index is 12.9. The molecule has 1 aromatic carbocycles. The Balaban J connectivity index is 3.17. The van der Waals surface area contributed by atoms with Gasteiger partial charge in [0, 0.05) is 17.9 Å². The molecule has 1 N–H and O–H groups in total. The number of benzene rings is 1. The van der Waals surface area contributed by atoms with Crippen molar-refractivity contribution in [3.8, 4) is 0 Å². The molecule has 1 aromatic rings. The number of carbonyl (C=O) groups is 1. The van der Waals surface area contributed by atoms with E-state index in [9.17, 15) is 13.2 Å². The van der Waals surface area contributed by atoms with E-state index in [1.165, 1.54) is 0 Å². The summed E-state index contributed by atoms with van der Waals surface area (Å²) in [4.78, 5) is 12.4. The molecule has 1 rings (SSSR count). The minimum absolute atomic E-state index is 0.116. The highest BCUT2D eigenvalue weighted by atomic mass is 32.3. The lowest BCUT2D eigenvalue weighted by atomic mass is 10.2. The first-order valence-corrected chi connectivity index (χ1v) is 12.7. The van der Waals surface area contributed by atoms with E-state index in [0.717, 1.165) is 42.8 Å². The third-order valence-corrected chi connectivity index (χ3v) is 10.0. The van der Waals surface area contributed by atoms with E-state index in [1.54, 1.807) is 24.3 Å². The van der Waals surface area contributed by atoms with Crippen LogP contribution >= 0.6 is 10.3 Å². The Hall–Kier alpha value is -0.850. The van der Waals surface area contributed by atoms with Crippen LogP contribution in [-0.2, 0) is 14.9 Å². The molecule has 0 saturated heterocycles. The summed E-state index contributed by atoms with van der Waals surface area (Å²) in [7, 11) is -5.60. The van der Waals surface area contributed by atoms with E-state index in [0.29, 0.717) is 12.2 Å². The first kappa shape index (κ1) is 22.2. The van der Waals surface area contributed by atoms with Crippen molar-refractivity contribution in [1.82, 2.24) is 0 Å². The van der Waals surface area contributed by atoms with Crippen molar-refractivity contribution in [2.45, 2.75) is 64.7 Å². The Morgan fingerprint density at radius 1 is 0.960 bits per heavy atom. The number of carbonyl (C=O) groups excluding carboxylic acids is 1. The number of ketones is 1. The Morgan fingerprint density at radius 2 is 1.48 bits per heavy atom. The third-order valence-electron chi connectivity index (χ3n) is 4.15. The highest BCUT2D eigenvalue weighted by Gasteiger charge is 2.38. The number of aryl methyl sites for hydroxylation is 1. The quantitative estimate of drug-likeness (QED) is 0.370. The van der Waals surface area contributed by atoms with Crippen LogP contribution in [0.15, 0.2) is 29.2 Å². The van der Waals surface area contributed by atoms with Crippen LogP contribution in [0.2, 0.25) is 0 Å². The lowest BCUT2D eigenvalue weighted by Crippen LogP contribution is -2.28. The fraction of sp³-hybridized carbons (Fsp3) is 0.632. The van der Waals surface area contributed by atoms with Gasteiger partial charge in [0.2, 0.25) is 0 Å². The number of Topliss-reactive ketones (excluding diaryl/α,β-unsaturated/α-hetero) is 1. The van der Waals surface area contributed by atoms with Crippen LogP contribution in [0.3, 0.4) is 0 Å². The Kier molecular flexibility index (Phi) is 9.17. The van der Waals surface area contributed by atoms with E-state index in [2.05, 4.69) is 17.5 Å². The van der Waals surface area contributed by atoms with Crippen molar-refractivity contribution in [3.05, 3.63) is 29.8 Å². The highest BCUT2D eigenvalue weighted by Crippen LogP contribution is 2.51. The lowest BCUT2D eigenvalue weighted by Gasteiger charge is -2.33. The predicted molar refractivity (Wildman–Crippen MR) is 108 cm³/mol. The summed E-state index contributed by atoms with van der Waals surface area (Å²) < 4.78 is 30.2. The Bertz CT molecular complexity index is 628. The zero-order chi connectivity index (χ0) is 18.9. The Morgan fingerprint density at radius 3 is 1.92 bits per heavy atom. The van der Waals surface area contributed by atoms with Gasteiger partial charge in [0.25, 0.3) is 0 Å². The maximum Gasteiger partial charge on any atom is 0.421 e. The topological polar surface area (TPSA) is 64.0 Å². The fourth-order valence-corrected chi connectivity index (χ4v) is 8.78. The molecule has 0 aromatic heterocycles. The third kappa shape index (κ3) is 7.12. The second-order valence-electron chi connectivity index (χ2n) is 6.51. The molecule has 0 atom stereocenters. The maximum absolute atomic E-state index is 12.9. The molecule has 0 aliphatic rings. The zero-order valence-corrected chi connectivity index (χ0v) is 17.6. The molecule has 0 saturated carbocycles.